The van der Waals surface area contributed by atoms with E-state index in [2.05, 4.69) is 43.4 Å². The van der Waals surface area contributed by atoms with Gasteiger partial charge in [-0.1, -0.05) is 36.8 Å². The lowest BCUT2D eigenvalue weighted by atomic mass is 10.0. The molecule has 0 spiro atoms. The first-order chi connectivity index (χ1) is 8.93. The summed E-state index contributed by atoms with van der Waals surface area (Å²) in [6.45, 7) is 6.44. The fourth-order valence-corrected chi connectivity index (χ4v) is 2.68. The molecule has 0 bridgehead atoms. The highest BCUT2D eigenvalue weighted by atomic mass is 32.2. The average molecular weight is 283 g/mol. The summed E-state index contributed by atoms with van der Waals surface area (Å²) in [6.07, 6.45) is 2.05. The minimum absolute atomic E-state index is 0.229. The Hall–Kier alpha value is -0.870. The highest BCUT2D eigenvalue weighted by molar-refractivity contribution is 7.91. The summed E-state index contributed by atoms with van der Waals surface area (Å²) in [5, 5.41) is 3.28. The molecule has 0 aliphatic heterocycles. The monoisotopic (exact) mass is 283 g/mol. The zero-order valence-corrected chi connectivity index (χ0v) is 13.0. The zero-order chi connectivity index (χ0) is 14.3. The summed E-state index contributed by atoms with van der Waals surface area (Å²) < 4.78 is 22.7. The second-order valence-corrected chi connectivity index (χ2v) is 7.59. The molecule has 0 saturated heterocycles. The summed E-state index contributed by atoms with van der Waals surface area (Å²) in [5.41, 5.74) is 2.63. The molecule has 0 heterocycles. The van der Waals surface area contributed by atoms with Gasteiger partial charge < -0.3 is 5.32 Å². The van der Waals surface area contributed by atoms with Crippen LogP contribution in [-0.4, -0.2) is 32.5 Å². The molecule has 0 saturated carbocycles. The molecule has 0 aromatic heterocycles. The van der Waals surface area contributed by atoms with E-state index in [9.17, 15) is 8.42 Å². The van der Waals surface area contributed by atoms with E-state index in [1.807, 2.05) is 0 Å². The SMILES string of the molecule is CCS(=O)(=O)CCNC(C)CCc1cccc(C)c1. The van der Waals surface area contributed by atoms with Gasteiger partial charge in [0.1, 0.15) is 0 Å². The van der Waals surface area contributed by atoms with Crippen molar-refractivity contribution in [1.29, 1.82) is 0 Å². The summed E-state index contributed by atoms with van der Waals surface area (Å²) in [7, 11) is -2.85. The van der Waals surface area contributed by atoms with Crippen LogP contribution >= 0.6 is 0 Å². The van der Waals surface area contributed by atoms with E-state index in [-0.39, 0.29) is 11.5 Å². The van der Waals surface area contributed by atoms with Crippen LogP contribution < -0.4 is 5.32 Å². The number of hydrogen-bond acceptors (Lipinski definition) is 3. The minimum Gasteiger partial charge on any atom is -0.313 e. The van der Waals surface area contributed by atoms with Crippen molar-refractivity contribution in [2.75, 3.05) is 18.1 Å². The quantitative estimate of drug-likeness (QED) is 0.796. The topological polar surface area (TPSA) is 46.2 Å². The fourth-order valence-electron chi connectivity index (χ4n) is 1.96. The molecule has 0 aliphatic carbocycles. The van der Waals surface area contributed by atoms with E-state index in [0.717, 1.165) is 12.8 Å². The number of nitrogens with one attached hydrogen (secondary N) is 1. The molecule has 0 fully saturated rings. The van der Waals surface area contributed by atoms with Gasteiger partial charge in [0.05, 0.1) is 5.75 Å². The Labute approximate surface area is 117 Å². The van der Waals surface area contributed by atoms with E-state index in [1.54, 1.807) is 6.92 Å². The predicted molar refractivity (Wildman–Crippen MR) is 81.3 cm³/mol. The molecule has 1 aromatic carbocycles. The molecule has 1 N–H and O–H groups in total. The Morgan fingerprint density at radius 3 is 2.68 bits per heavy atom. The Balaban J connectivity index is 2.27. The Morgan fingerprint density at radius 2 is 2.05 bits per heavy atom. The molecule has 108 valence electrons. The van der Waals surface area contributed by atoms with Crippen molar-refractivity contribution in [2.45, 2.75) is 39.7 Å². The second kappa shape index (κ2) is 7.65. The second-order valence-electron chi connectivity index (χ2n) is 5.12. The van der Waals surface area contributed by atoms with Crippen LogP contribution in [0.1, 0.15) is 31.4 Å². The molecular weight excluding hydrogens is 258 g/mol. The third-order valence-electron chi connectivity index (χ3n) is 3.29. The average Bonchev–Trinajstić information content (AvgIpc) is 2.36. The van der Waals surface area contributed by atoms with Crippen LogP contribution in [0.5, 0.6) is 0 Å². The van der Waals surface area contributed by atoms with Gasteiger partial charge in [-0.2, -0.15) is 0 Å². The van der Waals surface area contributed by atoms with Gasteiger partial charge in [0.25, 0.3) is 0 Å². The molecule has 3 nitrogen and oxygen atoms in total. The van der Waals surface area contributed by atoms with Gasteiger partial charge in [-0.3, -0.25) is 0 Å². The first-order valence-electron chi connectivity index (χ1n) is 6.92. The normalized spacial score (nSPS) is 13.4. The van der Waals surface area contributed by atoms with Crippen molar-refractivity contribution in [3.05, 3.63) is 35.4 Å². The van der Waals surface area contributed by atoms with Crippen LogP contribution in [-0.2, 0) is 16.3 Å². The lowest BCUT2D eigenvalue weighted by molar-refractivity contribution is 0.526. The molecule has 19 heavy (non-hydrogen) atoms. The standard InChI is InChI=1S/C15H25NO2S/c1-4-19(17,18)11-10-16-14(3)8-9-15-7-5-6-13(2)12-15/h5-7,12,14,16H,4,8-11H2,1-3H3. The molecule has 1 unspecified atom stereocenters. The summed E-state index contributed by atoms with van der Waals surface area (Å²) in [5.74, 6) is 0.463. The van der Waals surface area contributed by atoms with Crippen LogP contribution in [0.2, 0.25) is 0 Å². The van der Waals surface area contributed by atoms with Crippen molar-refractivity contribution < 1.29 is 8.42 Å². The highest BCUT2D eigenvalue weighted by Gasteiger charge is 2.08. The van der Waals surface area contributed by atoms with E-state index < -0.39 is 9.84 Å². The van der Waals surface area contributed by atoms with Crippen molar-refractivity contribution in [3.63, 3.8) is 0 Å². The van der Waals surface area contributed by atoms with Gasteiger partial charge in [0.15, 0.2) is 9.84 Å². The highest BCUT2D eigenvalue weighted by Crippen LogP contribution is 2.08. The summed E-state index contributed by atoms with van der Waals surface area (Å²) in [4.78, 5) is 0. The van der Waals surface area contributed by atoms with Crippen molar-refractivity contribution in [2.24, 2.45) is 0 Å². The third-order valence-corrected chi connectivity index (χ3v) is 5.00. The van der Waals surface area contributed by atoms with Crippen molar-refractivity contribution >= 4 is 9.84 Å². The number of hydrogen-bond donors (Lipinski definition) is 1. The maximum atomic E-state index is 11.4. The lowest BCUT2D eigenvalue weighted by Gasteiger charge is -2.13. The molecule has 0 amide bonds. The molecule has 0 aliphatic rings. The molecule has 1 rings (SSSR count). The van der Waals surface area contributed by atoms with Gasteiger partial charge in [-0.25, -0.2) is 8.42 Å². The number of benzene rings is 1. The van der Waals surface area contributed by atoms with Crippen LogP contribution in [0.4, 0.5) is 0 Å². The van der Waals surface area contributed by atoms with Gasteiger partial charge in [-0.15, -0.1) is 0 Å². The Kier molecular flexibility index (Phi) is 6.52. The number of aryl methyl sites for hydroxylation is 2. The molecule has 1 aromatic rings. The lowest BCUT2D eigenvalue weighted by Crippen LogP contribution is -2.31. The van der Waals surface area contributed by atoms with Gasteiger partial charge in [0, 0.05) is 18.3 Å². The number of rotatable bonds is 8. The third kappa shape index (κ3) is 6.73. The van der Waals surface area contributed by atoms with Crippen LogP contribution in [0, 0.1) is 6.92 Å². The van der Waals surface area contributed by atoms with Crippen LogP contribution in [0.15, 0.2) is 24.3 Å². The van der Waals surface area contributed by atoms with Gasteiger partial charge in [-0.05, 0) is 32.3 Å². The van der Waals surface area contributed by atoms with E-state index in [4.69, 9.17) is 0 Å². The smallest absolute Gasteiger partial charge is 0.151 e. The minimum atomic E-state index is -2.85. The summed E-state index contributed by atoms with van der Waals surface area (Å²) in [6, 6.07) is 8.86. The first kappa shape index (κ1) is 16.2. The molecule has 0 radical (unpaired) electrons. The molecule has 1 atom stereocenters. The van der Waals surface area contributed by atoms with Crippen LogP contribution in [0.25, 0.3) is 0 Å². The molecular formula is C15H25NO2S. The largest absolute Gasteiger partial charge is 0.313 e. The fraction of sp³-hybridized carbons (Fsp3) is 0.600. The Morgan fingerprint density at radius 1 is 1.32 bits per heavy atom. The van der Waals surface area contributed by atoms with E-state index >= 15 is 0 Å². The van der Waals surface area contributed by atoms with Crippen molar-refractivity contribution in [3.8, 4) is 0 Å². The summed E-state index contributed by atoms with van der Waals surface area (Å²) >= 11 is 0. The van der Waals surface area contributed by atoms with Gasteiger partial charge >= 0.3 is 0 Å². The Bertz CT molecular complexity index is 483. The maximum Gasteiger partial charge on any atom is 0.151 e. The first-order valence-corrected chi connectivity index (χ1v) is 8.74. The van der Waals surface area contributed by atoms with Crippen molar-refractivity contribution in [1.82, 2.24) is 5.32 Å². The zero-order valence-electron chi connectivity index (χ0n) is 12.1. The van der Waals surface area contributed by atoms with E-state index in [1.165, 1.54) is 11.1 Å². The van der Waals surface area contributed by atoms with Gasteiger partial charge in [0.2, 0.25) is 0 Å². The molecule has 4 heteroatoms. The van der Waals surface area contributed by atoms with E-state index in [0.29, 0.717) is 12.6 Å². The number of sulfone groups is 1. The van der Waals surface area contributed by atoms with Crippen LogP contribution in [0.3, 0.4) is 0 Å². The predicted octanol–water partition coefficient (Wildman–Crippen LogP) is 2.34. The maximum absolute atomic E-state index is 11.4.